The minimum absolute atomic E-state index is 0.129. The molecule has 0 aromatic heterocycles. The molecule has 0 saturated heterocycles. The van der Waals surface area contributed by atoms with Gasteiger partial charge >= 0.3 is 0 Å². The second-order valence-corrected chi connectivity index (χ2v) is 6.53. The largest absolute Gasteiger partial charge is 0.385 e. The molecule has 0 fully saturated rings. The lowest BCUT2D eigenvalue weighted by Gasteiger charge is -2.15. The Morgan fingerprint density at radius 2 is 1.89 bits per heavy atom. The third-order valence-corrected chi connectivity index (χ3v) is 4.51. The number of anilines is 1. The van der Waals surface area contributed by atoms with Gasteiger partial charge < -0.3 is 10.1 Å². The van der Waals surface area contributed by atoms with Crippen LogP contribution in [0.1, 0.15) is 20.3 Å². The van der Waals surface area contributed by atoms with Crippen molar-refractivity contribution in [3.8, 4) is 0 Å². The van der Waals surface area contributed by atoms with Crippen LogP contribution in [0.15, 0.2) is 29.2 Å². The highest BCUT2D eigenvalue weighted by Gasteiger charge is 2.11. The average Bonchev–Trinajstić information content (AvgIpc) is 2.37. The van der Waals surface area contributed by atoms with E-state index in [-0.39, 0.29) is 5.75 Å². The number of rotatable bonds is 7. The molecule has 0 aliphatic rings. The maximum atomic E-state index is 11.6. The van der Waals surface area contributed by atoms with Crippen molar-refractivity contribution < 1.29 is 13.2 Å². The first-order valence-electron chi connectivity index (χ1n) is 6.08. The Hall–Kier alpha value is -1.07. The molecule has 1 unspecified atom stereocenters. The van der Waals surface area contributed by atoms with E-state index in [4.69, 9.17) is 4.74 Å². The van der Waals surface area contributed by atoms with Crippen molar-refractivity contribution in [2.75, 3.05) is 24.8 Å². The van der Waals surface area contributed by atoms with Gasteiger partial charge in [-0.15, -0.1) is 0 Å². The summed E-state index contributed by atoms with van der Waals surface area (Å²) in [6, 6.07) is 7.17. The molecule has 0 spiro atoms. The second-order valence-electron chi connectivity index (χ2n) is 4.25. The summed E-state index contributed by atoms with van der Waals surface area (Å²) in [7, 11) is -1.43. The molecule has 102 valence electrons. The van der Waals surface area contributed by atoms with Crippen molar-refractivity contribution >= 4 is 15.5 Å². The molecule has 0 aliphatic carbocycles. The van der Waals surface area contributed by atoms with Crippen molar-refractivity contribution in [2.45, 2.75) is 31.2 Å². The molecule has 1 aromatic carbocycles. The first kappa shape index (κ1) is 15.0. The number of ether oxygens (including phenoxy) is 1. The van der Waals surface area contributed by atoms with Gasteiger partial charge in [-0.25, -0.2) is 8.42 Å². The molecule has 0 aliphatic heterocycles. The zero-order valence-corrected chi connectivity index (χ0v) is 12.0. The van der Waals surface area contributed by atoms with Crippen LogP contribution in [0.2, 0.25) is 0 Å². The van der Waals surface area contributed by atoms with E-state index in [1.54, 1.807) is 38.3 Å². The Morgan fingerprint density at radius 1 is 1.28 bits per heavy atom. The number of hydrogen-bond donors (Lipinski definition) is 1. The van der Waals surface area contributed by atoms with E-state index in [1.807, 2.05) is 0 Å². The molecule has 18 heavy (non-hydrogen) atoms. The fourth-order valence-corrected chi connectivity index (χ4v) is 2.46. The molecule has 0 amide bonds. The van der Waals surface area contributed by atoms with Gasteiger partial charge in [0, 0.05) is 25.4 Å². The summed E-state index contributed by atoms with van der Waals surface area (Å²) < 4.78 is 28.3. The number of benzene rings is 1. The van der Waals surface area contributed by atoms with Gasteiger partial charge in [-0.2, -0.15) is 0 Å². The van der Waals surface area contributed by atoms with Crippen molar-refractivity contribution in [1.82, 2.24) is 0 Å². The molecule has 1 aromatic rings. The van der Waals surface area contributed by atoms with Crippen molar-refractivity contribution in [3.63, 3.8) is 0 Å². The van der Waals surface area contributed by atoms with Gasteiger partial charge in [0.1, 0.15) is 0 Å². The van der Waals surface area contributed by atoms with Crippen molar-refractivity contribution in [2.24, 2.45) is 0 Å². The normalized spacial score (nSPS) is 13.3. The predicted molar refractivity (Wildman–Crippen MR) is 73.7 cm³/mol. The number of methoxy groups -OCH3 is 1. The summed E-state index contributed by atoms with van der Waals surface area (Å²) in [5, 5.41) is 3.30. The molecular weight excluding hydrogens is 250 g/mol. The molecule has 5 heteroatoms. The van der Waals surface area contributed by atoms with Gasteiger partial charge in [0.25, 0.3) is 0 Å². The maximum absolute atomic E-state index is 11.6. The summed E-state index contributed by atoms with van der Waals surface area (Å²) in [5.74, 6) is 0.129. The standard InChI is InChI=1S/C13H21NO3S/c1-4-18(15,16)13-7-5-12(6-8-13)14-11(2)9-10-17-3/h5-8,11,14H,4,9-10H2,1-3H3. The SMILES string of the molecule is CCS(=O)(=O)c1ccc(NC(C)CCOC)cc1. The minimum atomic E-state index is -3.11. The average molecular weight is 271 g/mol. The van der Waals surface area contributed by atoms with E-state index in [0.717, 1.165) is 12.1 Å². The van der Waals surface area contributed by atoms with Gasteiger partial charge in [0.05, 0.1) is 10.6 Å². The second kappa shape index (κ2) is 6.75. The van der Waals surface area contributed by atoms with Gasteiger partial charge in [-0.3, -0.25) is 0 Å². The molecular formula is C13H21NO3S. The van der Waals surface area contributed by atoms with E-state index in [2.05, 4.69) is 12.2 Å². The molecule has 0 bridgehead atoms. The molecule has 0 radical (unpaired) electrons. The fraction of sp³-hybridized carbons (Fsp3) is 0.538. The lowest BCUT2D eigenvalue weighted by Crippen LogP contribution is -2.17. The van der Waals surface area contributed by atoms with Crippen LogP contribution in [0, 0.1) is 0 Å². The summed E-state index contributed by atoms with van der Waals surface area (Å²) in [6.07, 6.45) is 0.908. The molecule has 0 saturated carbocycles. The Balaban J connectivity index is 2.66. The van der Waals surface area contributed by atoms with E-state index in [1.165, 1.54) is 0 Å². The number of hydrogen-bond acceptors (Lipinski definition) is 4. The summed E-state index contributed by atoms with van der Waals surface area (Å²) in [4.78, 5) is 0.375. The Labute approximate surface area is 109 Å². The van der Waals surface area contributed by atoms with Crippen LogP contribution in [0.4, 0.5) is 5.69 Å². The first-order chi connectivity index (χ1) is 8.49. The zero-order chi connectivity index (χ0) is 13.6. The highest BCUT2D eigenvalue weighted by molar-refractivity contribution is 7.91. The monoisotopic (exact) mass is 271 g/mol. The van der Waals surface area contributed by atoms with Crippen molar-refractivity contribution in [3.05, 3.63) is 24.3 Å². The zero-order valence-electron chi connectivity index (χ0n) is 11.1. The molecule has 1 rings (SSSR count). The van der Waals surface area contributed by atoms with E-state index in [9.17, 15) is 8.42 Å². The van der Waals surface area contributed by atoms with Gasteiger partial charge in [-0.05, 0) is 37.6 Å². The highest BCUT2D eigenvalue weighted by atomic mass is 32.2. The molecule has 1 N–H and O–H groups in total. The fourth-order valence-electron chi connectivity index (χ4n) is 1.58. The quantitative estimate of drug-likeness (QED) is 0.827. The van der Waals surface area contributed by atoms with Crippen LogP contribution in [0.5, 0.6) is 0 Å². The third-order valence-electron chi connectivity index (χ3n) is 2.76. The van der Waals surface area contributed by atoms with Gasteiger partial charge in [0.15, 0.2) is 9.84 Å². The number of nitrogens with one attached hydrogen (secondary N) is 1. The van der Waals surface area contributed by atoms with Crippen LogP contribution in [-0.2, 0) is 14.6 Å². The topological polar surface area (TPSA) is 55.4 Å². The lowest BCUT2D eigenvalue weighted by atomic mass is 10.2. The maximum Gasteiger partial charge on any atom is 0.178 e. The number of sulfone groups is 1. The van der Waals surface area contributed by atoms with E-state index >= 15 is 0 Å². The Kier molecular flexibility index (Phi) is 5.62. The summed E-state index contributed by atoms with van der Waals surface area (Å²) in [6.45, 7) is 4.42. The van der Waals surface area contributed by atoms with E-state index in [0.29, 0.717) is 17.5 Å². The first-order valence-corrected chi connectivity index (χ1v) is 7.73. The smallest absolute Gasteiger partial charge is 0.178 e. The minimum Gasteiger partial charge on any atom is -0.385 e. The molecule has 0 heterocycles. The van der Waals surface area contributed by atoms with Crippen LogP contribution >= 0.6 is 0 Å². The molecule has 1 atom stereocenters. The van der Waals surface area contributed by atoms with Gasteiger partial charge in [-0.1, -0.05) is 6.92 Å². The Morgan fingerprint density at radius 3 is 2.39 bits per heavy atom. The van der Waals surface area contributed by atoms with Crippen LogP contribution in [0.3, 0.4) is 0 Å². The van der Waals surface area contributed by atoms with E-state index < -0.39 is 9.84 Å². The van der Waals surface area contributed by atoms with Crippen LogP contribution < -0.4 is 5.32 Å². The highest BCUT2D eigenvalue weighted by Crippen LogP contribution is 2.16. The summed E-state index contributed by atoms with van der Waals surface area (Å²) >= 11 is 0. The molecule has 4 nitrogen and oxygen atoms in total. The predicted octanol–water partition coefficient (Wildman–Crippen LogP) is 2.32. The van der Waals surface area contributed by atoms with Crippen LogP contribution in [-0.4, -0.2) is 33.9 Å². The van der Waals surface area contributed by atoms with Crippen LogP contribution in [0.25, 0.3) is 0 Å². The summed E-state index contributed by atoms with van der Waals surface area (Å²) in [5.41, 5.74) is 0.925. The van der Waals surface area contributed by atoms with Gasteiger partial charge in [0.2, 0.25) is 0 Å². The van der Waals surface area contributed by atoms with Crippen molar-refractivity contribution in [1.29, 1.82) is 0 Å². The third kappa shape index (κ3) is 4.31. The lowest BCUT2D eigenvalue weighted by molar-refractivity contribution is 0.191. The Bertz CT molecular complexity index is 454.